The molecule has 1 aliphatic rings. The van der Waals surface area contributed by atoms with E-state index in [0.29, 0.717) is 17.1 Å². The van der Waals surface area contributed by atoms with Crippen molar-refractivity contribution in [2.75, 3.05) is 0 Å². The maximum atomic E-state index is 13.5. The second-order valence-corrected chi connectivity index (χ2v) is 10.9. The zero-order chi connectivity index (χ0) is 24.1. The van der Waals surface area contributed by atoms with Gasteiger partial charge in [0, 0.05) is 11.1 Å². The number of benzene rings is 3. The van der Waals surface area contributed by atoms with Gasteiger partial charge in [-0.2, -0.15) is 0 Å². The van der Waals surface area contributed by atoms with E-state index in [1.165, 1.54) is 24.3 Å². The van der Waals surface area contributed by atoms with Gasteiger partial charge in [0.2, 0.25) is 5.78 Å². The van der Waals surface area contributed by atoms with Gasteiger partial charge in [0.25, 0.3) is 0 Å². The molecule has 1 heterocycles. The molecule has 1 aliphatic heterocycles. The molecule has 2 atom stereocenters. The maximum Gasteiger partial charge on any atom is 0.204 e. The number of para-hydroxylation sites is 1. The van der Waals surface area contributed by atoms with Gasteiger partial charge in [0.15, 0.2) is 6.10 Å². The summed E-state index contributed by atoms with van der Waals surface area (Å²) in [5, 5.41) is 11.2. The van der Waals surface area contributed by atoms with Crippen LogP contribution in [0.2, 0.25) is 0 Å². The zero-order valence-electron chi connectivity index (χ0n) is 20.1. The van der Waals surface area contributed by atoms with Crippen LogP contribution >= 0.6 is 0 Å². The number of carbonyl (C=O) groups excluding carboxylic acids is 1. The van der Waals surface area contributed by atoms with E-state index in [1.54, 1.807) is 0 Å². The van der Waals surface area contributed by atoms with Gasteiger partial charge in [0.1, 0.15) is 17.3 Å². The molecule has 0 fully saturated rings. The van der Waals surface area contributed by atoms with Gasteiger partial charge >= 0.3 is 0 Å². The lowest BCUT2D eigenvalue weighted by molar-refractivity contribution is 0.0806. The van der Waals surface area contributed by atoms with Crippen molar-refractivity contribution in [1.82, 2.24) is 0 Å². The highest BCUT2D eigenvalue weighted by Gasteiger charge is 2.42. The van der Waals surface area contributed by atoms with Gasteiger partial charge in [-0.05, 0) is 57.9 Å². The lowest BCUT2D eigenvalue weighted by atomic mass is 9.75. The minimum Gasteiger partial charge on any atom is -0.507 e. The third-order valence-electron chi connectivity index (χ3n) is 6.31. The van der Waals surface area contributed by atoms with Crippen molar-refractivity contribution < 1.29 is 19.0 Å². The molecular formula is C29H31FO3. The fraction of sp³-hybridized carbons (Fsp3) is 0.345. The summed E-state index contributed by atoms with van der Waals surface area (Å²) < 4.78 is 19.7. The number of carbonyl (C=O) groups is 1. The first-order valence-electron chi connectivity index (χ1n) is 11.3. The highest BCUT2D eigenvalue weighted by molar-refractivity contribution is 6.01. The Morgan fingerprint density at radius 1 is 0.879 bits per heavy atom. The summed E-state index contributed by atoms with van der Waals surface area (Å²) in [6, 6.07) is 17.3. The van der Waals surface area contributed by atoms with Crippen molar-refractivity contribution in [3.05, 3.63) is 94.3 Å². The van der Waals surface area contributed by atoms with Gasteiger partial charge in [0.05, 0.1) is 5.92 Å². The molecule has 4 heteroatoms. The van der Waals surface area contributed by atoms with Crippen LogP contribution in [-0.4, -0.2) is 17.0 Å². The van der Waals surface area contributed by atoms with Crippen LogP contribution in [0, 0.1) is 5.82 Å². The molecule has 0 aromatic heterocycles. The normalized spacial score (nSPS) is 18.0. The van der Waals surface area contributed by atoms with Crippen molar-refractivity contribution >= 4 is 5.78 Å². The van der Waals surface area contributed by atoms with Crippen LogP contribution in [0.1, 0.15) is 80.1 Å². The standard InChI is InChI=1S/C29H31FO3/c1-28(2,3)21-15-18(16-22(26(21)32)29(4,5)6)24-20-9-7-8-10-23(20)33-27(24)25(31)17-11-13-19(30)14-12-17/h7-16,24,27,32H,1-6H3/t24-,27-/m0/s1. The third-order valence-corrected chi connectivity index (χ3v) is 6.31. The molecule has 0 saturated heterocycles. The molecule has 3 aromatic rings. The summed E-state index contributed by atoms with van der Waals surface area (Å²) in [5.74, 6) is 0.0420. The second kappa shape index (κ2) is 8.02. The average molecular weight is 447 g/mol. The van der Waals surface area contributed by atoms with Crippen LogP contribution in [0.15, 0.2) is 60.7 Å². The van der Waals surface area contributed by atoms with Crippen molar-refractivity contribution in [2.45, 2.75) is 64.4 Å². The number of phenolic OH excluding ortho intramolecular Hbond substituents is 1. The molecular weight excluding hydrogens is 415 g/mol. The smallest absolute Gasteiger partial charge is 0.204 e. The van der Waals surface area contributed by atoms with Gasteiger partial charge in [-0.1, -0.05) is 71.9 Å². The number of halogens is 1. The predicted molar refractivity (Wildman–Crippen MR) is 129 cm³/mol. The largest absolute Gasteiger partial charge is 0.507 e. The molecule has 172 valence electrons. The van der Waals surface area contributed by atoms with Gasteiger partial charge in [-0.25, -0.2) is 4.39 Å². The molecule has 0 spiro atoms. The summed E-state index contributed by atoms with van der Waals surface area (Å²) in [4.78, 5) is 13.5. The van der Waals surface area contributed by atoms with E-state index < -0.39 is 6.10 Å². The first kappa shape index (κ1) is 23.0. The van der Waals surface area contributed by atoms with Crippen molar-refractivity contribution in [1.29, 1.82) is 0 Å². The van der Waals surface area contributed by atoms with E-state index in [1.807, 2.05) is 36.4 Å². The van der Waals surface area contributed by atoms with E-state index in [4.69, 9.17) is 4.74 Å². The molecule has 0 unspecified atom stereocenters. The molecule has 33 heavy (non-hydrogen) atoms. The van der Waals surface area contributed by atoms with Gasteiger partial charge < -0.3 is 9.84 Å². The van der Waals surface area contributed by atoms with E-state index >= 15 is 0 Å². The monoisotopic (exact) mass is 446 g/mol. The number of hydrogen-bond donors (Lipinski definition) is 1. The van der Waals surface area contributed by atoms with Crippen LogP contribution in [0.25, 0.3) is 0 Å². The summed E-state index contributed by atoms with van der Waals surface area (Å²) in [6.45, 7) is 12.4. The Hall–Kier alpha value is -3.14. The van der Waals surface area contributed by atoms with Crippen molar-refractivity contribution in [2.24, 2.45) is 0 Å². The lowest BCUT2D eigenvalue weighted by Crippen LogP contribution is -2.30. The average Bonchev–Trinajstić information content (AvgIpc) is 3.12. The summed E-state index contributed by atoms with van der Waals surface area (Å²) in [5.41, 5.74) is 3.34. The van der Waals surface area contributed by atoms with Crippen LogP contribution in [0.5, 0.6) is 11.5 Å². The molecule has 3 aromatic carbocycles. The fourth-order valence-corrected chi connectivity index (χ4v) is 4.53. The van der Waals surface area contributed by atoms with Gasteiger partial charge in [-0.15, -0.1) is 0 Å². The molecule has 3 nitrogen and oxygen atoms in total. The predicted octanol–water partition coefficient (Wildman–Crippen LogP) is 6.90. The van der Waals surface area contributed by atoms with E-state index in [9.17, 15) is 14.3 Å². The fourth-order valence-electron chi connectivity index (χ4n) is 4.53. The molecule has 0 bridgehead atoms. The maximum absolute atomic E-state index is 13.5. The number of rotatable bonds is 3. The summed E-state index contributed by atoms with van der Waals surface area (Å²) in [7, 11) is 0. The lowest BCUT2D eigenvalue weighted by Gasteiger charge is -2.30. The highest BCUT2D eigenvalue weighted by atomic mass is 19.1. The Morgan fingerprint density at radius 2 is 1.42 bits per heavy atom. The number of ether oxygens (including phenoxy) is 1. The van der Waals surface area contributed by atoms with Crippen LogP contribution < -0.4 is 4.74 Å². The number of ketones is 1. The van der Waals surface area contributed by atoms with Gasteiger partial charge in [-0.3, -0.25) is 4.79 Å². The molecule has 1 N–H and O–H groups in total. The number of phenols is 1. The van der Waals surface area contributed by atoms with E-state index in [0.717, 1.165) is 22.3 Å². The Balaban J connectivity index is 1.92. The minimum atomic E-state index is -0.780. The number of hydrogen-bond acceptors (Lipinski definition) is 3. The second-order valence-electron chi connectivity index (χ2n) is 10.9. The summed E-state index contributed by atoms with van der Waals surface area (Å²) in [6.07, 6.45) is -0.780. The summed E-state index contributed by atoms with van der Waals surface area (Å²) >= 11 is 0. The quantitative estimate of drug-likeness (QED) is 0.445. The molecule has 0 radical (unpaired) electrons. The van der Waals surface area contributed by atoms with Crippen molar-refractivity contribution in [3.63, 3.8) is 0 Å². The third kappa shape index (κ3) is 4.27. The van der Waals surface area contributed by atoms with E-state index in [2.05, 4.69) is 41.5 Å². The SMILES string of the molecule is CC(C)(C)c1cc([C@H]2c3ccccc3O[C@@H]2C(=O)c2ccc(F)cc2)cc(C(C)(C)C)c1O. The Bertz CT molecular complexity index is 1160. The van der Waals surface area contributed by atoms with E-state index in [-0.39, 0.29) is 28.3 Å². The Kier molecular flexibility index (Phi) is 5.60. The van der Waals surface area contributed by atoms with Crippen molar-refractivity contribution in [3.8, 4) is 11.5 Å². The highest BCUT2D eigenvalue weighted by Crippen LogP contribution is 2.47. The Labute approximate surface area is 195 Å². The van der Waals surface area contributed by atoms with Crippen LogP contribution in [0.3, 0.4) is 0 Å². The first-order chi connectivity index (χ1) is 15.4. The number of fused-ring (bicyclic) bond motifs is 1. The zero-order valence-corrected chi connectivity index (χ0v) is 20.1. The molecule has 0 saturated carbocycles. The number of aromatic hydroxyl groups is 1. The Morgan fingerprint density at radius 3 is 1.97 bits per heavy atom. The topological polar surface area (TPSA) is 46.5 Å². The molecule has 0 amide bonds. The number of Topliss-reactive ketones (excluding diaryl/α,β-unsaturated/α-hetero) is 1. The van der Waals surface area contributed by atoms with Crippen LogP contribution in [0.4, 0.5) is 4.39 Å². The molecule has 4 rings (SSSR count). The minimum absolute atomic E-state index is 0.195. The van der Waals surface area contributed by atoms with Crippen LogP contribution in [-0.2, 0) is 10.8 Å². The first-order valence-corrected chi connectivity index (χ1v) is 11.3. The molecule has 0 aliphatic carbocycles.